The Morgan fingerprint density at radius 2 is 1.62 bits per heavy atom. The van der Waals surface area contributed by atoms with Gasteiger partial charge in [-0.3, -0.25) is 19.9 Å². The minimum absolute atomic E-state index is 0.209. The number of hydrogen-bond acceptors (Lipinski definition) is 4. The summed E-state index contributed by atoms with van der Waals surface area (Å²) >= 11 is 0. The van der Waals surface area contributed by atoms with Gasteiger partial charge in [0.1, 0.15) is 11.5 Å². The van der Waals surface area contributed by atoms with E-state index in [9.17, 15) is 9.18 Å². The van der Waals surface area contributed by atoms with Gasteiger partial charge in [0.2, 0.25) is 0 Å². The number of hydrogen-bond donors (Lipinski definition) is 3. The lowest BCUT2D eigenvalue weighted by Gasteiger charge is -2.07. The summed E-state index contributed by atoms with van der Waals surface area (Å²) in [5, 5.41) is 12.5. The van der Waals surface area contributed by atoms with E-state index in [1.165, 1.54) is 12.1 Å². The zero-order valence-corrected chi connectivity index (χ0v) is 21.0. The molecule has 0 bridgehead atoms. The molecule has 0 fully saturated rings. The van der Waals surface area contributed by atoms with Gasteiger partial charge in [-0.2, -0.15) is 5.10 Å². The summed E-state index contributed by atoms with van der Waals surface area (Å²) in [6.07, 6.45) is 5.06. The second-order valence-electron chi connectivity index (χ2n) is 9.43. The molecule has 7 nitrogen and oxygen atoms in total. The number of fused-ring (bicyclic) bond motifs is 2. The lowest BCUT2D eigenvalue weighted by atomic mass is 10.0. The van der Waals surface area contributed by atoms with Gasteiger partial charge in [-0.25, -0.2) is 4.39 Å². The minimum atomic E-state index is -0.266. The molecule has 3 N–H and O–H groups in total. The highest BCUT2D eigenvalue weighted by Crippen LogP contribution is 2.35. The Hall–Kier alpha value is -5.63. The molecule has 0 spiro atoms. The molecule has 0 aliphatic rings. The predicted molar refractivity (Wildman–Crippen MR) is 154 cm³/mol. The molecule has 8 heteroatoms. The average Bonchev–Trinajstić information content (AvgIpc) is 3.62. The van der Waals surface area contributed by atoms with Gasteiger partial charge in [0.05, 0.1) is 35.0 Å². The Bertz CT molecular complexity index is 2010. The average molecular weight is 525 g/mol. The van der Waals surface area contributed by atoms with Crippen LogP contribution in [0.4, 0.5) is 10.1 Å². The summed E-state index contributed by atoms with van der Waals surface area (Å²) in [4.78, 5) is 25.0. The van der Waals surface area contributed by atoms with Gasteiger partial charge < -0.3 is 10.3 Å². The van der Waals surface area contributed by atoms with Crippen LogP contribution < -0.4 is 5.32 Å². The first-order valence-corrected chi connectivity index (χ1v) is 12.7. The molecule has 3 aromatic carbocycles. The number of aromatic nitrogens is 5. The largest absolute Gasteiger partial charge is 0.353 e. The van der Waals surface area contributed by atoms with Crippen molar-refractivity contribution in [2.45, 2.75) is 0 Å². The van der Waals surface area contributed by atoms with Crippen molar-refractivity contribution in [1.82, 2.24) is 25.1 Å². The molecule has 0 aliphatic heterocycles. The van der Waals surface area contributed by atoms with Crippen LogP contribution in [0.15, 0.2) is 110 Å². The molecule has 0 atom stereocenters. The van der Waals surface area contributed by atoms with E-state index >= 15 is 0 Å². The van der Waals surface area contributed by atoms with E-state index < -0.39 is 0 Å². The zero-order chi connectivity index (χ0) is 27.1. The van der Waals surface area contributed by atoms with Crippen molar-refractivity contribution >= 4 is 33.4 Å². The fraction of sp³-hybridized carbons (Fsp3) is 0. The van der Waals surface area contributed by atoms with Crippen molar-refractivity contribution in [2.24, 2.45) is 0 Å². The normalized spacial score (nSPS) is 11.2. The van der Waals surface area contributed by atoms with E-state index in [2.05, 4.69) is 36.5 Å². The highest BCUT2D eigenvalue weighted by Gasteiger charge is 2.15. The highest BCUT2D eigenvalue weighted by molar-refractivity contribution is 6.04. The predicted octanol–water partition coefficient (Wildman–Crippen LogP) is 7.23. The zero-order valence-electron chi connectivity index (χ0n) is 21.0. The lowest BCUT2D eigenvalue weighted by Crippen LogP contribution is -2.11. The maximum Gasteiger partial charge on any atom is 0.255 e. The lowest BCUT2D eigenvalue weighted by molar-refractivity contribution is 0.102. The number of anilines is 1. The molecule has 40 heavy (non-hydrogen) atoms. The maximum atomic E-state index is 13.5. The summed E-state index contributed by atoms with van der Waals surface area (Å²) in [7, 11) is 0. The molecule has 4 aromatic heterocycles. The van der Waals surface area contributed by atoms with Crippen molar-refractivity contribution in [3.8, 4) is 33.8 Å². The monoisotopic (exact) mass is 524 g/mol. The number of carbonyl (C=O) groups excluding carboxylic acids is 1. The van der Waals surface area contributed by atoms with Crippen LogP contribution in [-0.2, 0) is 0 Å². The molecule has 192 valence electrons. The number of halogens is 1. The van der Waals surface area contributed by atoms with Gasteiger partial charge in [0.25, 0.3) is 5.91 Å². The summed E-state index contributed by atoms with van der Waals surface area (Å²) in [5.74, 6) is -0.476. The summed E-state index contributed by atoms with van der Waals surface area (Å²) in [6, 6.07) is 27.4. The molecule has 0 aliphatic carbocycles. The van der Waals surface area contributed by atoms with E-state index in [1.54, 1.807) is 42.9 Å². The van der Waals surface area contributed by atoms with Gasteiger partial charge in [-0.05, 0) is 59.7 Å². The van der Waals surface area contributed by atoms with Gasteiger partial charge in [-0.1, -0.05) is 42.5 Å². The van der Waals surface area contributed by atoms with Crippen molar-refractivity contribution in [3.05, 3.63) is 121 Å². The number of pyridine rings is 2. The number of aromatic amines is 2. The highest BCUT2D eigenvalue weighted by atomic mass is 19.1. The van der Waals surface area contributed by atoms with E-state index in [4.69, 9.17) is 0 Å². The van der Waals surface area contributed by atoms with Crippen molar-refractivity contribution < 1.29 is 9.18 Å². The maximum absolute atomic E-state index is 13.5. The van der Waals surface area contributed by atoms with Crippen LogP contribution >= 0.6 is 0 Å². The number of nitrogens with one attached hydrogen (secondary N) is 3. The summed E-state index contributed by atoms with van der Waals surface area (Å²) < 4.78 is 13.5. The molecule has 7 rings (SSSR count). The third-order valence-electron chi connectivity index (χ3n) is 6.85. The minimum Gasteiger partial charge on any atom is -0.353 e. The van der Waals surface area contributed by atoms with Crippen LogP contribution in [0.25, 0.3) is 55.6 Å². The summed E-state index contributed by atoms with van der Waals surface area (Å²) in [5.41, 5.74) is 7.87. The van der Waals surface area contributed by atoms with Gasteiger partial charge in [0, 0.05) is 33.6 Å². The number of H-pyrrole nitrogens is 2. The van der Waals surface area contributed by atoms with E-state index in [0.717, 1.165) is 49.9 Å². The third kappa shape index (κ3) is 4.27. The van der Waals surface area contributed by atoms with Crippen LogP contribution in [0.5, 0.6) is 0 Å². The number of rotatable bonds is 5. The van der Waals surface area contributed by atoms with Crippen molar-refractivity contribution in [3.63, 3.8) is 0 Å². The Morgan fingerprint density at radius 3 is 2.48 bits per heavy atom. The van der Waals surface area contributed by atoms with Crippen LogP contribution in [0.2, 0.25) is 0 Å². The second-order valence-corrected chi connectivity index (χ2v) is 9.43. The topological polar surface area (TPSA) is 99.4 Å². The number of amides is 1. The molecule has 4 heterocycles. The Kier molecular flexibility index (Phi) is 5.63. The van der Waals surface area contributed by atoms with Crippen LogP contribution in [-0.4, -0.2) is 31.1 Å². The fourth-order valence-corrected chi connectivity index (χ4v) is 4.89. The molecule has 0 radical (unpaired) electrons. The van der Waals surface area contributed by atoms with E-state index in [-0.39, 0.29) is 11.7 Å². The standard InChI is InChI=1S/C32H21FN6O/c33-22-11-9-19(10-12-22)24-7-4-8-27-25(24)14-29(37-27)31-26-15-28(35-18-30(26)38-39-31)21-13-23(17-34-16-21)36-32(40)20-5-2-1-3-6-20/h1-18,37H,(H,36,40)(H,38,39). The molecule has 1 amide bonds. The summed E-state index contributed by atoms with van der Waals surface area (Å²) in [6.45, 7) is 0. The Morgan fingerprint density at radius 1 is 0.775 bits per heavy atom. The first-order valence-electron chi connectivity index (χ1n) is 12.7. The van der Waals surface area contributed by atoms with Crippen molar-refractivity contribution in [2.75, 3.05) is 5.32 Å². The van der Waals surface area contributed by atoms with E-state index in [0.29, 0.717) is 16.9 Å². The Labute approximate surface area is 227 Å². The smallest absolute Gasteiger partial charge is 0.255 e. The number of nitrogens with zero attached hydrogens (tertiary/aromatic N) is 3. The van der Waals surface area contributed by atoms with E-state index in [1.807, 2.05) is 48.5 Å². The number of benzene rings is 3. The SMILES string of the molecule is O=C(Nc1cncc(-c2cc3c(-c4cc5c(-c6ccc(F)cc6)cccc5[nH]4)n[nH]c3cn2)c1)c1ccccc1. The quantitative estimate of drug-likeness (QED) is 0.221. The van der Waals surface area contributed by atoms with Gasteiger partial charge in [0.15, 0.2) is 0 Å². The first-order chi connectivity index (χ1) is 19.6. The fourth-order valence-electron chi connectivity index (χ4n) is 4.89. The third-order valence-corrected chi connectivity index (χ3v) is 6.85. The Balaban J connectivity index is 1.25. The van der Waals surface area contributed by atoms with Crippen LogP contribution in [0.1, 0.15) is 10.4 Å². The second kappa shape index (κ2) is 9.59. The molecule has 0 saturated carbocycles. The van der Waals surface area contributed by atoms with Gasteiger partial charge in [-0.15, -0.1) is 0 Å². The number of carbonyl (C=O) groups is 1. The molecule has 0 unspecified atom stereocenters. The molecule has 0 saturated heterocycles. The van der Waals surface area contributed by atoms with Crippen LogP contribution in [0, 0.1) is 5.82 Å². The molecular weight excluding hydrogens is 503 g/mol. The molecular formula is C32H21FN6O. The van der Waals surface area contributed by atoms with Gasteiger partial charge >= 0.3 is 0 Å². The molecule has 7 aromatic rings. The van der Waals surface area contributed by atoms with Crippen LogP contribution in [0.3, 0.4) is 0 Å². The first kappa shape index (κ1) is 23.5. The van der Waals surface area contributed by atoms with Crippen molar-refractivity contribution in [1.29, 1.82) is 0 Å².